The first-order valence-corrected chi connectivity index (χ1v) is 2.81. The predicted molar refractivity (Wildman–Crippen MR) is 25.2 cm³/mol. The molecule has 2 fully saturated rings. The summed E-state index contributed by atoms with van der Waals surface area (Å²) < 4.78 is 0. The molecule has 0 bridgehead atoms. The maximum absolute atomic E-state index is 1.87. The van der Waals surface area contributed by atoms with E-state index in [1.54, 1.807) is 0 Å². The van der Waals surface area contributed by atoms with Gasteiger partial charge in [0.15, 0.2) is 0 Å². The fourth-order valence-electron chi connectivity index (χ4n) is 1.45. The first-order valence-electron chi connectivity index (χ1n) is 2.81. The van der Waals surface area contributed by atoms with Crippen molar-refractivity contribution in [3.63, 3.8) is 0 Å². The molecule has 6 heavy (non-hydrogen) atoms. The van der Waals surface area contributed by atoms with Gasteiger partial charge in [-0.25, -0.2) is 0 Å². The van der Waals surface area contributed by atoms with Crippen LogP contribution in [0.5, 0.6) is 0 Å². The van der Waals surface area contributed by atoms with Crippen molar-refractivity contribution in [1.29, 1.82) is 0 Å². The van der Waals surface area contributed by atoms with Crippen molar-refractivity contribution < 1.29 is 0 Å². The minimum atomic E-state index is 1.13. The highest BCUT2D eigenvalue weighted by Crippen LogP contribution is 2.53. The molecule has 0 aliphatic heterocycles. The van der Waals surface area contributed by atoms with E-state index in [-0.39, 0.29) is 0 Å². The zero-order valence-corrected chi connectivity index (χ0v) is 3.91. The Balaban J connectivity index is 2.09. The van der Waals surface area contributed by atoms with Crippen molar-refractivity contribution in [3.05, 3.63) is 5.92 Å². The van der Waals surface area contributed by atoms with E-state index >= 15 is 0 Å². The summed E-state index contributed by atoms with van der Waals surface area (Å²) in [5, 5.41) is 0. The van der Waals surface area contributed by atoms with Gasteiger partial charge in [0.05, 0.1) is 0 Å². The predicted octanol–water partition coefficient (Wildman–Crippen LogP) is 1.76. The van der Waals surface area contributed by atoms with Crippen LogP contribution in [-0.4, -0.2) is 0 Å². The fraction of sp³-hybridized carbons (Fsp3) is 0.833. The summed E-state index contributed by atoms with van der Waals surface area (Å²) in [7, 11) is 0. The first-order chi connectivity index (χ1) is 2.97. The first kappa shape index (κ1) is 3.06. The molecule has 2 rings (SSSR count). The molecule has 1 radical (unpaired) electrons. The van der Waals surface area contributed by atoms with E-state index in [1.807, 2.05) is 5.92 Å². The summed E-state index contributed by atoms with van der Waals surface area (Å²) in [4.78, 5) is 0. The maximum atomic E-state index is 1.87. The Bertz CT molecular complexity index is 58.4. The topological polar surface area (TPSA) is 0 Å². The van der Waals surface area contributed by atoms with Crippen LogP contribution in [0.15, 0.2) is 0 Å². The molecule has 0 aromatic heterocycles. The van der Waals surface area contributed by atoms with Crippen molar-refractivity contribution in [1.82, 2.24) is 0 Å². The maximum Gasteiger partial charge on any atom is -0.0207 e. The summed E-state index contributed by atoms with van der Waals surface area (Å²) in [6.07, 6.45) is 6.00. The van der Waals surface area contributed by atoms with Crippen LogP contribution in [0.3, 0.4) is 0 Å². The third-order valence-electron chi connectivity index (χ3n) is 1.98. The lowest BCUT2D eigenvalue weighted by Crippen LogP contribution is -1.63. The number of hydrogen-bond acceptors (Lipinski definition) is 0. The van der Waals surface area contributed by atoms with Crippen LogP contribution in [0, 0.1) is 11.8 Å². The van der Waals surface area contributed by atoms with Crippen molar-refractivity contribution >= 4 is 0 Å². The molecule has 0 heteroatoms. The van der Waals surface area contributed by atoms with E-state index in [1.165, 1.54) is 25.7 Å². The molecule has 2 aliphatic carbocycles. The van der Waals surface area contributed by atoms with Gasteiger partial charge in [-0.2, -0.15) is 0 Å². The molecule has 0 nitrogen and oxygen atoms in total. The molecule has 0 unspecified atom stereocenters. The summed E-state index contributed by atoms with van der Waals surface area (Å²) in [5.41, 5.74) is 0. The van der Waals surface area contributed by atoms with Gasteiger partial charge in [0.2, 0.25) is 0 Å². The van der Waals surface area contributed by atoms with Gasteiger partial charge in [-0.3, -0.25) is 0 Å². The highest BCUT2D eigenvalue weighted by atomic mass is 14.5. The largest absolute Gasteiger partial charge is 0.0525 e. The van der Waals surface area contributed by atoms with E-state index < -0.39 is 0 Å². The third kappa shape index (κ3) is 0.250. The molecule has 0 aromatic carbocycles. The van der Waals surface area contributed by atoms with Gasteiger partial charge in [0.25, 0.3) is 0 Å². The van der Waals surface area contributed by atoms with E-state index in [0.29, 0.717) is 0 Å². The van der Waals surface area contributed by atoms with Crippen molar-refractivity contribution in [3.8, 4) is 0 Å². The lowest BCUT2D eigenvalue weighted by Gasteiger charge is -1.80. The molecule has 0 heterocycles. The average molecular weight is 81.1 g/mol. The quantitative estimate of drug-likeness (QED) is 0.417. The molecule has 0 aromatic rings. The normalized spacial score (nSPS) is 43.0. The van der Waals surface area contributed by atoms with Crippen LogP contribution in [0.4, 0.5) is 0 Å². The monoisotopic (exact) mass is 81.1 g/mol. The highest BCUT2D eigenvalue weighted by molar-refractivity contribution is 5.17. The van der Waals surface area contributed by atoms with Gasteiger partial charge in [0, 0.05) is 0 Å². The Kier molecular flexibility index (Phi) is 0.408. The summed E-state index contributed by atoms with van der Waals surface area (Å²) in [5.74, 6) is 3.00. The fourth-order valence-corrected chi connectivity index (χ4v) is 1.45. The smallest absolute Gasteiger partial charge is 0.0207 e. The molecular weight excluding hydrogens is 72.1 g/mol. The van der Waals surface area contributed by atoms with Gasteiger partial charge in [-0.1, -0.05) is 6.42 Å². The number of rotatable bonds is 0. The zero-order chi connectivity index (χ0) is 3.98. The molecular formula is C6H9. The second-order valence-corrected chi connectivity index (χ2v) is 2.45. The second kappa shape index (κ2) is 0.800. The molecule has 0 spiro atoms. The van der Waals surface area contributed by atoms with Crippen LogP contribution >= 0.6 is 0 Å². The van der Waals surface area contributed by atoms with Crippen molar-refractivity contribution in [2.24, 2.45) is 5.92 Å². The molecule has 2 aliphatic rings. The minimum absolute atomic E-state index is 1.13. The Hall–Kier alpha value is 0. The van der Waals surface area contributed by atoms with Gasteiger partial charge >= 0.3 is 0 Å². The lowest BCUT2D eigenvalue weighted by atomic mass is 10.3. The summed E-state index contributed by atoms with van der Waals surface area (Å²) >= 11 is 0. The van der Waals surface area contributed by atoms with Crippen LogP contribution in [0.1, 0.15) is 25.7 Å². The molecule has 0 saturated heterocycles. The zero-order valence-electron chi connectivity index (χ0n) is 3.91. The number of fused-ring (bicyclic) bond motifs is 1. The standard InChI is InChI=1S/C6H9/c1-2-5-4-6(5)3-1/h5H,1-4H2/t5-/m0/s1. The lowest BCUT2D eigenvalue weighted by molar-refractivity contribution is 0.750. The Labute approximate surface area is 38.6 Å². The van der Waals surface area contributed by atoms with Crippen LogP contribution in [0.2, 0.25) is 0 Å². The second-order valence-electron chi connectivity index (χ2n) is 2.45. The summed E-state index contributed by atoms with van der Waals surface area (Å²) in [6.45, 7) is 0. The molecule has 0 amide bonds. The minimum Gasteiger partial charge on any atom is -0.0525 e. The van der Waals surface area contributed by atoms with Crippen LogP contribution in [0.25, 0.3) is 0 Å². The van der Waals surface area contributed by atoms with Crippen LogP contribution < -0.4 is 0 Å². The van der Waals surface area contributed by atoms with E-state index in [0.717, 1.165) is 5.92 Å². The van der Waals surface area contributed by atoms with E-state index in [9.17, 15) is 0 Å². The highest BCUT2D eigenvalue weighted by Gasteiger charge is 2.40. The van der Waals surface area contributed by atoms with E-state index in [2.05, 4.69) is 0 Å². The molecule has 2 saturated carbocycles. The van der Waals surface area contributed by atoms with Gasteiger partial charge in [-0.15, -0.1) is 0 Å². The van der Waals surface area contributed by atoms with Crippen molar-refractivity contribution in [2.75, 3.05) is 0 Å². The van der Waals surface area contributed by atoms with Crippen LogP contribution in [-0.2, 0) is 0 Å². The van der Waals surface area contributed by atoms with Crippen molar-refractivity contribution in [2.45, 2.75) is 25.7 Å². The SMILES string of the molecule is C1C[C]2C[C@@H]2C1. The van der Waals surface area contributed by atoms with E-state index in [4.69, 9.17) is 0 Å². The Morgan fingerprint density at radius 3 is 2.67 bits per heavy atom. The molecule has 33 valence electrons. The summed E-state index contributed by atoms with van der Waals surface area (Å²) in [6, 6.07) is 0. The average Bonchev–Trinajstić information content (AvgIpc) is 2.17. The van der Waals surface area contributed by atoms with Gasteiger partial charge < -0.3 is 0 Å². The Morgan fingerprint density at radius 1 is 1.50 bits per heavy atom. The van der Waals surface area contributed by atoms with Gasteiger partial charge in [-0.05, 0) is 31.1 Å². The molecule has 1 atom stereocenters. The molecule has 0 N–H and O–H groups in total. The number of hydrogen-bond donors (Lipinski definition) is 0. The third-order valence-corrected chi connectivity index (χ3v) is 1.98. The Morgan fingerprint density at radius 2 is 2.50 bits per heavy atom. The van der Waals surface area contributed by atoms with Gasteiger partial charge in [0.1, 0.15) is 0 Å².